The summed E-state index contributed by atoms with van der Waals surface area (Å²) in [6, 6.07) is -1.03. The topological polar surface area (TPSA) is 44.8 Å². The third-order valence-corrected chi connectivity index (χ3v) is 6.56. The van der Waals surface area contributed by atoms with Crippen LogP contribution in [0.4, 0.5) is 52.7 Å². The lowest BCUT2D eigenvalue weighted by atomic mass is 9.86. The fourth-order valence-electron chi connectivity index (χ4n) is 3.93. The maximum absolute atomic E-state index is 14.0. The van der Waals surface area contributed by atoms with Gasteiger partial charge in [0.05, 0.1) is 5.92 Å². The molecule has 0 saturated heterocycles. The number of hydrogen-bond donors (Lipinski definition) is 0. The van der Waals surface area contributed by atoms with E-state index in [0.29, 0.717) is 12.8 Å². The average Bonchev–Trinajstić information content (AvgIpc) is 2.85. The standard InChI is InChI=1S/C26H32F12O4/c1-4-6-7-8-9-10-15-40-16-41-21(23(27,28)29,24(30,31)32)18-11-13-19(14-12-18)22(25(33,34)35,26(36,37)38)42-20(39)17(3)5-2/h11-14,17H,4-10,15-16H2,1-3H3. The molecule has 16 heteroatoms. The Labute approximate surface area is 234 Å². The van der Waals surface area contributed by atoms with Crippen molar-refractivity contribution in [2.24, 2.45) is 5.92 Å². The Bertz CT molecular complexity index is 938. The zero-order valence-corrected chi connectivity index (χ0v) is 22.9. The van der Waals surface area contributed by atoms with Gasteiger partial charge in [0, 0.05) is 17.7 Å². The summed E-state index contributed by atoms with van der Waals surface area (Å²) in [5, 5.41) is 0. The molecule has 0 fully saturated rings. The Morgan fingerprint density at radius 3 is 1.48 bits per heavy atom. The molecule has 0 aliphatic heterocycles. The highest BCUT2D eigenvalue weighted by Gasteiger charge is 2.76. The summed E-state index contributed by atoms with van der Waals surface area (Å²) in [4.78, 5) is 12.1. The van der Waals surface area contributed by atoms with Crippen LogP contribution in [0.15, 0.2) is 24.3 Å². The van der Waals surface area contributed by atoms with E-state index in [9.17, 15) is 57.5 Å². The predicted molar refractivity (Wildman–Crippen MR) is 125 cm³/mol. The van der Waals surface area contributed by atoms with Gasteiger partial charge in [-0.15, -0.1) is 0 Å². The highest BCUT2D eigenvalue weighted by molar-refractivity contribution is 5.73. The molecule has 0 radical (unpaired) electrons. The van der Waals surface area contributed by atoms with Crippen molar-refractivity contribution in [2.75, 3.05) is 13.4 Å². The van der Waals surface area contributed by atoms with Gasteiger partial charge in [-0.25, -0.2) is 0 Å². The predicted octanol–water partition coefficient (Wildman–Crippen LogP) is 9.27. The number of esters is 1. The molecule has 1 atom stereocenters. The first kappa shape index (κ1) is 37.8. The Hall–Kier alpha value is -2.23. The Morgan fingerprint density at radius 2 is 1.07 bits per heavy atom. The van der Waals surface area contributed by atoms with Gasteiger partial charge in [-0.1, -0.05) is 77.1 Å². The molecule has 0 bridgehead atoms. The van der Waals surface area contributed by atoms with Gasteiger partial charge in [0.15, 0.2) is 0 Å². The number of halogens is 12. The molecule has 42 heavy (non-hydrogen) atoms. The highest BCUT2D eigenvalue weighted by Crippen LogP contribution is 2.56. The second-order valence-corrected chi connectivity index (χ2v) is 9.60. The van der Waals surface area contributed by atoms with Gasteiger partial charge in [-0.3, -0.25) is 4.79 Å². The van der Waals surface area contributed by atoms with Crippen LogP contribution in [-0.4, -0.2) is 44.1 Å². The van der Waals surface area contributed by atoms with Crippen molar-refractivity contribution in [3.63, 3.8) is 0 Å². The van der Waals surface area contributed by atoms with Gasteiger partial charge in [-0.2, -0.15) is 52.7 Å². The molecule has 1 rings (SSSR count). The minimum absolute atomic E-state index is 0.235. The molecule has 1 unspecified atom stereocenters. The van der Waals surface area contributed by atoms with E-state index in [0.717, 1.165) is 32.6 Å². The Morgan fingerprint density at radius 1 is 0.667 bits per heavy atom. The van der Waals surface area contributed by atoms with Crippen molar-refractivity contribution >= 4 is 5.97 Å². The van der Waals surface area contributed by atoms with Crippen LogP contribution in [-0.2, 0) is 30.2 Å². The molecule has 1 aromatic rings. The quantitative estimate of drug-likeness (QED) is 0.0834. The summed E-state index contributed by atoms with van der Waals surface area (Å²) in [5.41, 5.74) is -14.4. The summed E-state index contributed by atoms with van der Waals surface area (Å²) in [6.07, 6.45) is -21.3. The largest absolute Gasteiger partial charge is 0.442 e. The number of hydrogen-bond acceptors (Lipinski definition) is 4. The molecule has 1 aromatic carbocycles. The Kier molecular flexibility index (Phi) is 13.0. The molecule has 0 aromatic heterocycles. The van der Waals surface area contributed by atoms with Gasteiger partial charge < -0.3 is 14.2 Å². The fraction of sp³-hybridized carbons (Fsp3) is 0.731. The van der Waals surface area contributed by atoms with E-state index in [4.69, 9.17) is 4.74 Å². The van der Waals surface area contributed by atoms with Gasteiger partial charge in [0.25, 0.3) is 5.60 Å². The van der Waals surface area contributed by atoms with Crippen molar-refractivity contribution in [2.45, 2.75) is 102 Å². The van der Waals surface area contributed by atoms with Crippen LogP contribution in [0.1, 0.15) is 76.8 Å². The fourth-order valence-corrected chi connectivity index (χ4v) is 3.93. The van der Waals surface area contributed by atoms with Crippen molar-refractivity contribution in [3.05, 3.63) is 35.4 Å². The maximum Gasteiger partial charge on any atom is 0.442 e. The molecule has 0 N–H and O–H groups in total. The molecule has 0 saturated carbocycles. The van der Waals surface area contributed by atoms with Crippen LogP contribution in [0, 0.1) is 5.92 Å². The SMILES string of the molecule is CCCCCCCCOCOC(c1ccc(C(OC(=O)C(C)CC)(C(F)(F)F)C(F)(F)F)cc1)(C(F)(F)F)C(F)(F)F. The number of alkyl halides is 12. The maximum atomic E-state index is 14.0. The minimum atomic E-state index is -6.41. The molecular weight excluding hydrogens is 604 g/mol. The summed E-state index contributed by atoms with van der Waals surface area (Å²) in [7, 11) is 0. The van der Waals surface area contributed by atoms with Gasteiger partial charge in [-0.05, 0) is 12.8 Å². The zero-order valence-electron chi connectivity index (χ0n) is 22.9. The highest BCUT2D eigenvalue weighted by atomic mass is 19.4. The van der Waals surface area contributed by atoms with Gasteiger partial charge in [0.1, 0.15) is 6.79 Å². The third kappa shape index (κ3) is 8.23. The van der Waals surface area contributed by atoms with E-state index >= 15 is 0 Å². The summed E-state index contributed by atoms with van der Waals surface area (Å²) >= 11 is 0. The lowest BCUT2D eigenvalue weighted by molar-refractivity contribution is -0.401. The second-order valence-electron chi connectivity index (χ2n) is 9.60. The van der Waals surface area contributed by atoms with Gasteiger partial charge >= 0.3 is 36.3 Å². The number of carbonyl (C=O) groups excluding carboxylic acids is 1. The molecule has 0 heterocycles. The molecule has 4 nitrogen and oxygen atoms in total. The summed E-state index contributed by atoms with van der Waals surface area (Å²) < 4.78 is 181. The van der Waals surface area contributed by atoms with Gasteiger partial charge in [0.2, 0.25) is 0 Å². The van der Waals surface area contributed by atoms with E-state index < -0.39 is 65.7 Å². The van der Waals surface area contributed by atoms with Crippen LogP contribution in [0.3, 0.4) is 0 Å². The van der Waals surface area contributed by atoms with Crippen LogP contribution >= 0.6 is 0 Å². The third-order valence-electron chi connectivity index (χ3n) is 6.56. The van der Waals surface area contributed by atoms with E-state index in [1.807, 2.05) is 6.92 Å². The number of benzene rings is 1. The number of carbonyl (C=O) groups is 1. The van der Waals surface area contributed by atoms with E-state index in [1.165, 1.54) is 6.92 Å². The zero-order chi connectivity index (χ0) is 32.6. The van der Waals surface area contributed by atoms with Crippen LogP contribution in [0.25, 0.3) is 0 Å². The molecular formula is C26H32F12O4. The lowest BCUT2D eigenvalue weighted by Gasteiger charge is -2.39. The number of rotatable bonds is 15. The first-order chi connectivity index (χ1) is 19.1. The lowest BCUT2D eigenvalue weighted by Crippen LogP contribution is -2.58. The number of unbranched alkanes of at least 4 members (excludes halogenated alkanes) is 5. The minimum Gasteiger partial charge on any atom is -0.434 e. The van der Waals surface area contributed by atoms with Crippen molar-refractivity contribution in [1.29, 1.82) is 0 Å². The molecule has 0 spiro atoms. The normalized spacial score (nSPS) is 14.6. The monoisotopic (exact) mass is 636 g/mol. The molecule has 244 valence electrons. The van der Waals surface area contributed by atoms with Crippen molar-refractivity contribution in [3.8, 4) is 0 Å². The Balaban J connectivity index is 3.52. The molecule has 0 aliphatic carbocycles. The smallest absolute Gasteiger partial charge is 0.434 e. The second kappa shape index (κ2) is 14.5. The summed E-state index contributed by atoms with van der Waals surface area (Å²) in [6.45, 7) is 2.38. The molecule has 0 aliphatic rings. The van der Waals surface area contributed by atoms with Crippen molar-refractivity contribution < 1.29 is 71.7 Å². The van der Waals surface area contributed by atoms with Crippen LogP contribution < -0.4 is 0 Å². The number of ether oxygens (including phenoxy) is 3. The summed E-state index contributed by atoms with van der Waals surface area (Å²) in [5.74, 6) is -3.40. The van der Waals surface area contributed by atoms with E-state index in [-0.39, 0.29) is 37.3 Å². The average molecular weight is 637 g/mol. The van der Waals surface area contributed by atoms with Crippen molar-refractivity contribution in [1.82, 2.24) is 0 Å². The molecule has 0 amide bonds. The first-order valence-corrected chi connectivity index (χ1v) is 13.0. The first-order valence-electron chi connectivity index (χ1n) is 13.0. The van der Waals surface area contributed by atoms with E-state index in [2.05, 4.69) is 9.47 Å². The van der Waals surface area contributed by atoms with E-state index in [1.54, 1.807) is 0 Å². The van der Waals surface area contributed by atoms with Crippen LogP contribution in [0.2, 0.25) is 0 Å². The van der Waals surface area contributed by atoms with Crippen LogP contribution in [0.5, 0.6) is 0 Å².